The van der Waals surface area contributed by atoms with Gasteiger partial charge in [-0.05, 0) is 25.8 Å². The third kappa shape index (κ3) is 4.30. The monoisotopic (exact) mass is 432 g/mol. The lowest BCUT2D eigenvalue weighted by Gasteiger charge is -2.15. The summed E-state index contributed by atoms with van der Waals surface area (Å²) >= 11 is 0. The van der Waals surface area contributed by atoms with E-state index in [4.69, 9.17) is 13.8 Å². The van der Waals surface area contributed by atoms with Gasteiger partial charge >= 0.3 is 0 Å². The lowest BCUT2D eigenvalue weighted by atomic mass is 10.1. The smallest absolute Gasteiger partial charge is 0.248 e. The van der Waals surface area contributed by atoms with E-state index in [1.807, 2.05) is 30.3 Å². The Hall–Kier alpha value is -2.56. The molecule has 1 saturated heterocycles. The van der Waals surface area contributed by atoms with Crippen molar-refractivity contribution < 1.29 is 22.2 Å². The number of aromatic nitrogens is 3. The van der Waals surface area contributed by atoms with Crippen molar-refractivity contribution in [2.75, 3.05) is 19.7 Å². The van der Waals surface area contributed by atoms with Crippen LogP contribution in [0.4, 0.5) is 0 Å². The summed E-state index contributed by atoms with van der Waals surface area (Å²) in [4.78, 5) is 4.58. The van der Waals surface area contributed by atoms with Crippen LogP contribution in [0.25, 0.3) is 0 Å². The zero-order valence-electron chi connectivity index (χ0n) is 16.9. The standard InChI is InChI=1S/C20H24N4O5S/c1-14-19(15(2)28-22-14)30(25,26)24-10-8-17(12-24)20-21-18(23-29-20)9-11-27-13-16-6-4-3-5-7-16/h3-7,17H,8-13H2,1-2H3. The van der Waals surface area contributed by atoms with E-state index in [0.29, 0.717) is 62.3 Å². The summed E-state index contributed by atoms with van der Waals surface area (Å²) in [7, 11) is -3.67. The van der Waals surface area contributed by atoms with Crippen LogP contribution in [0.5, 0.6) is 0 Å². The van der Waals surface area contributed by atoms with E-state index in [9.17, 15) is 8.42 Å². The first kappa shape index (κ1) is 20.7. The summed E-state index contributed by atoms with van der Waals surface area (Å²) < 4.78 is 43.4. The van der Waals surface area contributed by atoms with Crippen LogP contribution in [0, 0.1) is 13.8 Å². The Labute approximate surface area is 175 Å². The van der Waals surface area contributed by atoms with E-state index in [1.165, 1.54) is 4.31 Å². The molecule has 30 heavy (non-hydrogen) atoms. The van der Waals surface area contributed by atoms with Crippen molar-refractivity contribution in [3.63, 3.8) is 0 Å². The number of nitrogens with zero attached hydrogens (tertiary/aromatic N) is 4. The summed E-state index contributed by atoms with van der Waals surface area (Å²) in [6.07, 6.45) is 1.15. The van der Waals surface area contributed by atoms with E-state index in [-0.39, 0.29) is 10.8 Å². The van der Waals surface area contributed by atoms with Crippen LogP contribution in [-0.2, 0) is 27.8 Å². The maximum atomic E-state index is 13.0. The number of rotatable bonds is 8. The van der Waals surface area contributed by atoms with Crippen molar-refractivity contribution in [1.29, 1.82) is 0 Å². The van der Waals surface area contributed by atoms with Gasteiger partial charge in [-0.1, -0.05) is 40.6 Å². The minimum absolute atomic E-state index is 0.133. The van der Waals surface area contributed by atoms with Gasteiger partial charge in [0, 0.05) is 19.5 Å². The quantitative estimate of drug-likeness (QED) is 0.499. The highest BCUT2D eigenvalue weighted by molar-refractivity contribution is 7.89. The third-order valence-corrected chi connectivity index (χ3v) is 7.24. The van der Waals surface area contributed by atoms with E-state index in [2.05, 4.69) is 15.3 Å². The second kappa shape index (κ2) is 8.66. The molecule has 0 aliphatic carbocycles. The van der Waals surface area contributed by atoms with Gasteiger partial charge in [-0.2, -0.15) is 9.29 Å². The van der Waals surface area contributed by atoms with Crippen LogP contribution in [0.2, 0.25) is 0 Å². The molecule has 0 bridgehead atoms. The zero-order chi connectivity index (χ0) is 21.1. The molecule has 2 aromatic heterocycles. The first-order valence-corrected chi connectivity index (χ1v) is 11.3. The molecule has 1 atom stereocenters. The van der Waals surface area contributed by atoms with Crippen molar-refractivity contribution in [1.82, 2.24) is 19.6 Å². The van der Waals surface area contributed by atoms with Crippen molar-refractivity contribution in [3.05, 3.63) is 59.1 Å². The summed E-state index contributed by atoms with van der Waals surface area (Å²) in [5, 5.41) is 7.77. The van der Waals surface area contributed by atoms with Gasteiger partial charge < -0.3 is 13.8 Å². The second-order valence-corrected chi connectivity index (χ2v) is 9.21. The lowest BCUT2D eigenvalue weighted by Crippen LogP contribution is -2.29. The molecule has 0 spiro atoms. The Bertz CT molecular complexity index is 1070. The normalized spacial score (nSPS) is 17.6. The second-order valence-electron chi connectivity index (χ2n) is 7.34. The summed E-state index contributed by atoms with van der Waals surface area (Å²) in [6, 6.07) is 9.93. The average molecular weight is 433 g/mol. The number of hydrogen-bond donors (Lipinski definition) is 0. The molecule has 0 radical (unpaired) electrons. The minimum atomic E-state index is -3.67. The SMILES string of the molecule is Cc1noc(C)c1S(=O)(=O)N1CCC(c2nc(CCOCc3ccccc3)no2)C1. The molecule has 0 saturated carbocycles. The van der Waals surface area contributed by atoms with Gasteiger partial charge in [-0.25, -0.2) is 8.42 Å². The van der Waals surface area contributed by atoms with Gasteiger partial charge in [-0.15, -0.1) is 0 Å². The largest absolute Gasteiger partial charge is 0.376 e. The molecule has 1 fully saturated rings. The molecule has 1 aliphatic heterocycles. The molecule has 3 aromatic rings. The minimum Gasteiger partial charge on any atom is -0.376 e. The summed E-state index contributed by atoms with van der Waals surface area (Å²) in [6.45, 7) is 4.91. The lowest BCUT2D eigenvalue weighted by molar-refractivity contribution is 0.122. The van der Waals surface area contributed by atoms with Gasteiger partial charge in [0.1, 0.15) is 10.6 Å². The zero-order valence-corrected chi connectivity index (χ0v) is 17.8. The highest BCUT2D eigenvalue weighted by Gasteiger charge is 2.38. The number of benzene rings is 1. The number of aryl methyl sites for hydroxylation is 2. The molecule has 1 aromatic carbocycles. The Kier molecular flexibility index (Phi) is 5.98. The Morgan fingerprint density at radius 3 is 2.70 bits per heavy atom. The Balaban J connectivity index is 1.32. The van der Waals surface area contributed by atoms with Gasteiger partial charge in [0.2, 0.25) is 15.9 Å². The van der Waals surface area contributed by atoms with Crippen molar-refractivity contribution in [3.8, 4) is 0 Å². The van der Waals surface area contributed by atoms with Crippen LogP contribution >= 0.6 is 0 Å². The van der Waals surface area contributed by atoms with Gasteiger partial charge in [-0.3, -0.25) is 0 Å². The molecule has 10 heteroatoms. The van der Waals surface area contributed by atoms with Crippen LogP contribution in [0.15, 0.2) is 44.3 Å². The Morgan fingerprint density at radius 1 is 1.17 bits per heavy atom. The third-order valence-electron chi connectivity index (χ3n) is 5.13. The highest BCUT2D eigenvalue weighted by Crippen LogP contribution is 2.32. The molecular weight excluding hydrogens is 408 g/mol. The highest BCUT2D eigenvalue weighted by atomic mass is 32.2. The number of hydrogen-bond acceptors (Lipinski definition) is 8. The molecule has 9 nitrogen and oxygen atoms in total. The molecular formula is C20H24N4O5S. The number of sulfonamides is 1. The van der Waals surface area contributed by atoms with Crippen molar-refractivity contribution in [2.24, 2.45) is 0 Å². The van der Waals surface area contributed by atoms with Gasteiger partial charge in [0.15, 0.2) is 11.6 Å². The van der Waals surface area contributed by atoms with Crippen LogP contribution in [-0.4, -0.2) is 47.7 Å². The molecule has 0 N–H and O–H groups in total. The van der Waals surface area contributed by atoms with Crippen LogP contribution < -0.4 is 0 Å². The molecule has 4 rings (SSSR count). The average Bonchev–Trinajstić information content (AvgIpc) is 3.46. The first-order valence-electron chi connectivity index (χ1n) is 9.82. The fraction of sp³-hybridized carbons (Fsp3) is 0.450. The summed E-state index contributed by atoms with van der Waals surface area (Å²) in [5.74, 6) is 1.19. The molecule has 0 amide bonds. The van der Waals surface area contributed by atoms with Crippen molar-refractivity contribution >= 4 is 10.0 Å². The first-order chi connectivity index (χ1) is 14.4. The maximum absolute atomic E-state index is 13.0. The molecule has 3 heterocycles. The van der Waals surface area contributed by atoms with E-state index >= 15 is 0 Å². The topological polar surface area (TPSA) is 112 Å². The Morgan fingerprint density at radius 2 is 1.97 bits per heavy atom. The van der Waals surface area contributed by atoms with Crippen molar-refractivity contribution in [2.45, 2.75) is 44.1 Å². The van der Waals surface area contributed by atoms with Gasteiger partial charge in [0.25, 0.3) is 0 Å². The molecule has 160 valence electrons. The molecule has 1 aliphatic rings. The molecule has 1 unspecified atom stereocenters. The van der Waals surface area contributed by atoms with E-state index < -0.39 is 10.0 Å². The van der Waals surface area contributed by atoms with Crippen LogP contribution in [0.1, 0.15) is 41.1 Å². The van der Waals surface area contributed by atoms with E-state index in [1.54, 1.807) is 13.8 Å². The van der Waals surface area contributed by atoms with Crippen LogP contribution in [0.3, 0.4) is 0 Å². The number of ether oxygens (including phenoxy) is 1. The predicted molar refractivity (Wildman–Crippen MR) is 106 cm³/mol. The van der Waals surface area contributed by atoms with Gasteiger partial charge in [0.05, 0.1) is 19.1 Å². The maximum Gasteiger partial charge on any atom is 0.248 e. The fourth-order valence-electron chi connectivity index (χ4n) is 3.58. The summed E-state index contributed by atoms with van der Waals surface area (Å²) in [5.41, 5.74) is 1.48. The predicted octanol–water partition coefficient (Wildman–Crippen LogP) is 2.61. The van der Waals surface area contributed by atoms with E-state index in [0.717, 1.165) is 5.56 Å². The fourth-order valence-corrected chi connectivity index (χ4v) is 5.37.